The quantitative estimate of drug-likeness (QED) is 0.929. The van der Waals surface area contributed by atoms with Crippen molar-refractivity contribution < 1.29 is 4.79 Å². The maximum Gasteiger partial charge on any atom is 0.273 e. The molecule has 0 unspecified atom stereocenters. The van der Waals surface area contributed by atoms with Gasteiger partial charge in [0, 0.05) is 30.4 Å². The van der Waals surface area contributed by atoms with E-state index < -0.39 is 0 Å². The number of amides is 1. The highest BCUT2D eigenvalue weighted by atomic mass is 32.1. The van der Waals surface area contributed by atoms with E-state index in [-0.39, 0.29) is 11.9 Å². The summed E-state index contributed by atoms with van der Waals surface area (Å²) in [4.78, 5) is 22.3. The first kappa shape index (κ1) is 13.5. The fraction of sp³-hybridized carbons (Fsp3) is 0.308. The Kier molecular flexibility index (Phi) is 4.11. The predicted octanol–water partition coefficient (Wildman–Crippen LogP) is 2.17. The van der Waals surface area contributed by atoms with Gasteiger partial charge in [0.25, 0.3) is 5.91 Å². The molecule has 5 nitrogen and oxygen atoms in total. The zero-order chi connectivity index (χ0) is 13.8. The Bertz CT molecular complexity index is 553. The van der Waals surface area contributed by atoms with Gasteiger partial charge in [0.2, 0.25) is 0 Å². The Morgan fingerprint density at radius 1 is 1.53 bits per heavy atom. The van der Waals surface area contributed by atoms with Crippen LogP contribution in [0.1, 0.15) is 29.9 Å². The third kappa shape index (κ3) is 3.29. The Morgan fingerprint density at radius 2 is 2.32 bits per heavy atom. The van der Waals surface area contributed by atoms with Gasteiger partial charge in [0.1, 0.15) is 5.69 Å². The van der Waals surface area contributed by atoms with Crippen LogP contribution in [0.4, 0.5) is 5.13 Å². The summed E-state index contributed by atoms with van der Waals surface area (Å²) in [5.41, 5.74) is 6.97. The molecule has 0 atom stereocenters. The lowest BCUT2D eigenvalue weighted by molar-refractivity contribution is 0.0685. The third-order valence-corrected chi connectivity index (χ3v) is 3.37. The molecule has 0 aromatic carbocycles. The molecule has 6 heteroatoms. The number of hydrogen-bond acceptors (Lipinski definition) is 5. The molecule has 2 aromatic rings. The number of carbonyl (C=O) groups excluding carboxylic acids is 1. The molecule has 1 amide bonds. The number of nitrogens with two attached hydrogens (primary N) is 1. The number of pyridine rings is 1. The summed E-state index contributed by atoms with van der Waals surface area (Å²) in [6.45, 7) is 4.47. The van der Waals surface area contributed by atoms with Gasteiger partial charge < -0.3 is 10.6 Å². The number of hydrogen-bond donors (Lipinski definition) is 1. The molecule has 0 bridgehead atoms. The molecular formula is C13H16N4OS. The molecule has 2 heterocycles. The second-order valence-electron chi connectivity index (χ2n) is 4.46. The number of nitrogens with zero attached hydrogens (tertiary/aromatic N) is 3. The van der Waals surface area contributed by atoms with Gasteiger partial charge >= 0.3 is 0 Å². The van der Waals surface area contributed by atoms with E-state index in [9.17, 15) is 4.79 Å². The van der Waals surface area contributed by atoms with Gasteiger partial charge in [-0.15, -0.1) is 11.3 Å². The number of aromatic nitrogens is 2. The number of carbonyl (C=O) groups is 1. The molecule has 0 saturated carbocycles. The lowest BCUT2D eigenvalue weighted by Gasteiger charge is -2.26. The minimum atomic E-state index is -0.105. The topological polar surface area (TPSA) is 72.1 Å². The molecule has 0 saturated heterocycles. The monoisotopic (exact) mass is 276 g/mol. The summed E-state index contributed by atoms with van der Waals surface area (Å²) in [5, 5.41) is 2.10. The van der Waals surface area contributed by atoms with E-state index in [0.29, 0.717) is 17.4 Å². The second kappa shape index (κ2) is 5.79. The van der Waals surface area contributed by atoms with Crippen molar-refractivity contribution in [2.24, 2.45) is 0 Å². The van der Waals surface area contributed by atoms with Gasteiger partial charge in [-0.1, -0.05) is 6.07 Å². The molecule has 19 heavy (non-hydrogen) atoms. The fourth-order valence-corrected chi connectivity index (χ4v) is 2.25. The Balaban J connectivity index is 2.19. The number of nitrogen functional groups attached to an aromatic ring is 1. The SMILES string of the molecule is CC(C)N(Cc1cccnc1)C(=O)c1csc(N)n1. The van der Waals surface area contributed by atoms with Crippen LogP contribution in [0.3, 0.4) is 0 Å². The molecule has 0 aliphatic heterocycles. The normalized spacial score (nSPS) is 10.7. The summed E-state index contributed by atoms with van der Waals surface area (Å²) >= 11 is 1.27. The molecule has 0 aliphatic carbocycles. The summed E-state index contributed by atoms with van der Waals surface area (Å²) in [5.74, 6) is -0.105. The highest BCUT2D eigenvalue weighted by Gasteiger charge is 2.21. The zero-order valence-corrected chi connectivity index (χ0v) is 11.7. The largest absolute Gasteiger partial charge is 0.375 e. The van der Waals surface area contributed by atoms with Crippen LogP contribution in [-0.2, 0) is 6.54 Å². The van der Waals surface area contributed by atoms with Crippen LogP contribution in [0.25, 0.3) is 0 Å². The minimum absolute atomic E-state index is 0.0793. The van der Waals surface area contributed by atoms with Crippen molar-refractivity contribution in [2.75, 3.05) is 5.73 Å². The Morgan fingerprint density at radius 3 is 2.84 bits per heavy atom. The van der Waals surface area contributed by atoms with Crippen LogP contribution in [0.5, 0.6) is 0 Å². The summed E-state index contributed by atoms with van der Waals surface area (Å²) in [6.07, 6.45) is 3.48. The molecule has 0 spiro atoms. The number of anilines is 1. The molecule has 0 aliphatic rings. The van der Waals surface area contributed by atoms with Crippen molar-refractivity contribution in [3.63, 3.8) is 0 Å². The average Bonchev–Trinajstić information content (AvgIpc) is 2.83. The molecule has 100 valence electrons. The van der Waals surface area contributed by atoms with Crippen LogP contribution >= 0.6 is 11.3 Å². The minimum Gasteiger partial charge on any atom is -0.375 e. The summed E-state index contributed by atoms with van der Waals surface area (Å²) in [6, 6.07) is 3.89. The predicted molar refractivity (Wildman–Crippen MR) is 75.8 cm³/mol. The van der Waals surface area contributed by atoms with E-state index >= 15 is 0 Å². The van der Waals surface area contributed by atoms with Gasteiger partial charge in [-0.2, -0.15) is 0 Å². The van der Waals surface area contributed by atoms with Crippen molar-refractivity contribution in [3.05, 3.63) is 41.2 Å². The molecule has 2 aromatic heterocycles. The first-order chi connectivity index (χ1) is 9.08. The number of thiazole rings is 1. The highest BCUT2D eigenvalue weighted by molar-refractivity contribution is 7.13. The van der Waals surface area contributed by atoms with E-state index in [1.54, 1.807) is 22.7 Å². The molecule has 0 fully saturated rings. The van der Waals surface area contributed by atoms with E-state index in [2.05, 4.69) is 9.97 Å². The van der Waals surface area contributed by atoms with Crippen LogP contribution in [0.2, 0.25) is 0 Å². The van der Waals surface area contributed by atoms with Gasteiger partial charge in [0.05, 0.1) is 0 Å². The smallest absolute Gasteiger partial charge is 0.273 e. The lowest BCUT2D eigenvalue weighted by Crippen LogP contribution is -2.36. The van der Waals surface area contributed by atoms with Gasteiger partial charge in [-0.05, 0) is 25.5 Å². The standard InChI is InChI=1S/C13H16N4OS/c1-9(2)17(7-10-4-3-5-15-6-10)12(18)11-8-19-13(14)16-11/h3-6,8-9H,7H2,1-2H3,(H2,14,16). The van der Waals surface area contributed by atoms with E-state index in [4.69, 9.17) is 5.73 Å². The van der Waals surface area contributed by atoms with Crippen LogP contribution in [0, 0.1) is 0 Å². The number of rotatable bonds is 4. The van der Waals surface area contributed by atoms with E-state index in [0.717, 1.165) is 5.56 Å². The molecule has 0 radical (unpaired) electrons. The van der Waals surface area contributed by atoms with E-state index in [1.165, 1.54) is 11.3 Å². The second-order valence-corrected chi connectivity index (χ2v) is 5.35. The molecular weight excluding hydrogens is 260 g/mol. The van der Waals surface area contributed by atoms with E-state index in [1.807, 2.05) is 26.0 Å². The fourth-order valence-electron chi connectivity index (χ4n) is 1.71. The van der Waals surface area contributed by atoms with Crippen LogP contribution < -0.4 is 5.73 Å². The van der Waals surface area contributed by atoms with Gasteiger partial charge in [0.15, 0.2) is 5.13 Å². The first-order valence-electron chi connectivity index (χ1n) is 5.99. The van der Waals surface area contributed by atoms with Crippen molar-refractivity contribution in [3.8, 4) is 0 Å². The van der Waals surface area contributed by atoms with Gasteiger partial charge in [-0.3, -0.25) is 9.78 Å². The highest BCUT2D eigenvalue weighted by Crippen LogP contribution is 2.16. The zero-order valence-electron chi connectivity index (χ0n) is 10.9. The van der Waals surface area contributed by atoms with Crippen molar-refractivity contribution in [1.82, 2.24) is 14.9 Å². The van der Waals surface area contributed by atoms with Crippen molar-refractivity contribution in [2.45, 2.75) is 26.4 Å². The molecule has 2 N–H and O–H groups in total. The maximum absolute atomic E-state index is 12.4. The third-order valence-electron chi connectivity index (χ3n) is 2.70. The maximum atomic E-state index is 12.4. The van der Waals surface area contributed by atoms with Crippen molar-refractivity contribution in [1.29, 1.82) is 0 Å². The van der Waals surface area contributed by atoms with Crippen LogP contribution in [-0.4, -0.2) is 26.8 Å². The summed E-state index contributed by atoms with van der Waals surface area (Å²) < 4.78 is 0. The molecule has 2 rings (SSSR count). The average molecular weight is 276 g/mol. The van der Waals surface area contributed by atoms with Crippen LogP contribution in [0.15, 0.2) is 29.9 Å². The first-order valence-corrected chi connectivity index (χ1v) is 6.86. The Hall–Kier alpha value is -1.95. The summed E-state index contributed by atoms with van der Waals surface area (Å²) in [7, 11) is 0. The van der Waals surface area contributed by atoms with Crippen molar-refractivity contribution >= 4 is 22.4 Å². The lowest BCUT2D eigenvalue weighted by atomic mass is 10.2. The van der Waals surface area contributed by atoms with Gasteiger partial charge in [-0.25, -0.2) is 4.98 Å². The Labute approximate surface area is 116 Å².